The molecule has 0 radical (unpaired) electrons. The zero-order valence-corrected chi connectivity index (χ0v) is 13.1. The molecule has 9 heteroatoms. The van der Waals surface area contributed by atoms with E-state index in [9.17, 15) is 23.3 Å². The predicted octanol–water partition coefficient (Wildman–Crippen LogP) is 4.61. The zero-order chi connectivity index (χ0) is 18.7. The molecule has 0 spiro atoms. The Hall–Kier alpha value is -3.49. The highest BCUT2D eigenvalue weighted by molar-refractivity contribution is 5.88. The standard InChI is InChI=1S/C17H11F3N4O2/c18-17(19,20)13-4-6-15(16(9-13)24(25)26)23-22-10-11-3-5-14-12(8-11)2-1-7-21-14/h1-10,23H/b22-10-. The number of nitro groups is 1. The Morgan fingerprint density at radius 3 is 2.69 bits per heavy atom. The van der Waals surface area contributed by atoms with Crippen LogP contribution in [0, 0.1) is 10.1 Å². The van der Waals surface area contributed by atoms with Gasteiger partial charge in [0.2, 0.25) is 0 Å². The summed E-state index contributed by atoms with van der Waals surface area (Å²) >= 11 is 0. The Kier molecular flexibility index (Phi) is 4.53. The van der Waals surface area contributed by atoms with E-state index in [1.54, 1.807) is 24.4 Å². The minimum atomic E-state index is -4.66. The van der Waals surface area contributed by atoms with E-state index < -0.39 is 22.4 Å². The van der Waals surface area contributed by atoms with Crippen LogP contribution in [0.1, 0.15) is 11.1 Å². The fourth-order valence-electron chi connectivity index (χ4n) is 2.30. The van der Waals surface area contributed by atoms with Gasteiger partial charge >= 0.3 is 6.18 Å². The molecule has 2 aromatic carbocycles. The molecular weight excluding hydrogens is 349 g/mol. The summed E-state index contributed by atoms with van der Waals surface area (Å²) in [6.07, 6.45) is -1.58. The second kappa shape index (κ2) is 6.79. The van der Waals surface area contributed by atoms with Gasteiger partial charge in [-0.05, 0) is 35.9 Å². The average Bonchev–Trinajstić information content (AvgIpc) is 2.60. The summed E-state index contributed by atoms with van der Waals surface area (Å²) in [6.45, 7) is 0. The Bertz CT molecular complexity index is 1000. The zero-order valence-electron chi connectivity index (χ0n) is 13.1. The number of halogens is 3. The first-order valence-corrected chi connectivity index (χ1v) is 7.34. The number of hydrogen-bond donors (Lipinski definition) is 1. The Labute approximate surface area is 145 Å². The van der Waals surface area contributed by atoms with Gasteiger partial charge in [0.15, 0.2) is 0 Å². The molecule has 6 nitrogen and oxygen atoms in total. The monoisotopic (exact) mass is 360 g/mol. The molecule has 0 aliphatic heterocycles. The molecule has 0 saturated heterocycles. The van der Waals surface area contributed by atoms with Crippen LogP contribution >= 0.6 is 0 Å². The number of benzene rings is 2. The number of hydrazone groups is 1. The number of nitrogens with zero attached hydrogens (tertiary/aromatic N) is 3. The molecule has 0 fully saturated rings. The van der Waals surface area contributed by atoms with Crippen LogP contribution in [0.25, 0.3) is 10.9 Å². The largest absolute Gasteiger partial charge is 0.416 e. The highest BCUT2D eigenvalue weighted by Gasteiger charge is 2.33. The first-order chi connectivity index (χ1) is 12.3. The molecule has 0 aliphatic carbocycles. The van der Waals surface area contributed by atoms with E-state index in [1.165, 1.54) is 6.21 Å². The Balaban J connectivity index is 1.83. The SMILES string of the molecule is O=[N+]([O-])c1cc(C(F)(F)F)ccc1N/N=C\c1ccc2ncccc2c1. The maximum absolute atomic E-state index is 12.7. The first kappa shape index (κ1) is 17.3. The minimum Gasteiger partial charge on any atom is -0.272 e. The Morgan fingerprint density at radius 1 is 1.15 bits per heavy atom. The lowest BCUT2D eigenvalue weighted by Gasteiger charge is -2.08. The van der Waals surface area contributed by atoms with E-state index in [4.69, 9.17) is 0 Å². The van der Waals surface area contributed by atoms with Crippen molar-refractivity contribution in [1.29, 1.82) is 0 Å². The maximum Gasteiger partial charge on any atom is 0.416 e. The van der Waals surface area contributed by atoms with E-state index in [0.29, 0.717) is 11.6 Å². The van der Waals surface area contributed by atoms with Gasteiger partial charge in [0.05, 0.1) is 22.2 Å². The van der Waals surface area contributed by atoms with Crippen molar-refractivity contribution in [1.82, 2.24) is 4.98 Å². The van der Waals surface area contributed by atoms with Gasteiger partial charge in [-0.25, -0.2) is 0 Å². The van der Waals surface area contributed by atoms with Crippen LogP contribution in [0.3, 0.4) is 0 Å². The van der Waals surface area contributed by atoms with Crippen LogP contribution < -0.4 is 5.43 Å². The maximum atomic E-state index is 12.7. The van der Waals surface area contributed by atoms with E-state index in [0.717, 1.165) is 23.0 Å². The summed E-state index contributed by atoms with van der Waals surface area (Å²) in [5.41, 5.74) is 1.98. The molecular formula is C17H11F3N4O2. The average molecular weight is 360 g/mol. The molecule has 0 unspecified atom stereocenters. The molecule has 1 aromatic heterocycles. The molecule has 3 rings (SSSR count). The van der Waals surface area contributed by atoms with E-state index in [2.05, 4.69) is 15.5 Å². The second-order valence-electron chi connectivity index (χ2n) is 5.31. The van der Waals surface area contributed by atoms with Crippen molar-refractivity contribution < 1.29 is 18.1 Å². The Morgan fingerprint density at radius 2 is 1.96 bits per heavy atom. The van der Waals surface area contributed by atoms with Crippen molar-refractivity contribution in [3.8, 4) is 0 Å². The lowest BCUT2D eigenvalue weighted by Crippen LogP contribution is -2.06. The third kappa shape index (κ3) is 3.77. The summed E-state index contributed by atoms with van der Waals surface area (Å²) in [5, 5.41) is 15.8. The van der Waals surface area contributed by atoms with E-state index in [-0.39, 0.29) is 5.69 Å². The number of hydrogen-bond acceptors (Lipinski definition) is 5. The lowest BCUT2D eigenvalue weighted by atomic mass is 10.1. The third-order valence-corrected chi connectivity index (χ3v) is 3.55. The molecule has 3 aromatic rings. The van der Waals surface area contributed by atoms with Crippen molar-refractivity contribution in [2.75, 3.05) is 5.43 Å². The van der Waals surface area contributed by atoms with Crippen molar-refractivity contribution >= 4 is 28.5 Å². The minimum absolute atomic E-state index is 0.137. The topological polar surface area (TPSA) is 80.4 Å². The predicted molar refractivity (Wildman–Crippen MR) is 91.1 cm³/mol. The number of rotatable bonds is 4. The van der Waals surface area contributed by atoms with Crippen molar-refractivity contribution in [3.63, 3.8) is 0 Å². The normalized spacial score (nSPS) is 11.8. The summed E-state index contributed by atoms with van der Waals surface area (Å²) in [7, 11) is 0. The third-order valence-electron chi connectivity index (χ3n) is 3.55. The fourth-order valence-corrected chi connectivity index (χ4v) is 2.30. The summed E-state index contributed by atoms with van der Waals surface area (Å²) in [4.78, 5) is 14.3. The molecule has 0 bridgehead atoms. The number of pyridine rings is 1. The van der Waals surface area contributed by atoms with Gasteiger partial charge in [-0.15, -0.1) is 0 Å². The van der Waals surface area contributed by atoms with Gasteiger partial charge in [0.1, 0.15) is 5.69 Å². The summed E-state index contributed by atoms with van der Waals surface area (Å²) in [5.74, 6) is 0. The van der Waals surface area contributed by atoms with Crippen LogP contribution in [0.4, 0.5) is 24.5 Å². The molecule has 0 aliphatic rings. The lowest BCUT2D eigenvalue weighted by molar-refractivity contribution is -0.384. The van der Waals surface area contributed by atoms with Crippen molar-refractivity contribution in [2.45, 2.75) is 6.18 Å². The highest BCUT2D eigenvalue weighted by atomic mass is 19.4. The number of nitrogens with one attached hydrogen (secondary N) is 1. The number of nitro benzene ring substituents is 1. The summed E-state index contributed by atoms with van der Waals surface area (Å²) in [6, 6.07) is 11.2. The second-order valence-corrected chi connectivity index (χ2v) is 5.31. The highest BCUT2D eigenvalue weighted by Crippen LogP contribution is 2.34. The van der Waals surface area contributed by atoms with Gasteiger partial charge in [-0.1, -0.05) is 12.1 Å². The molecule has 1 N–H and O–H groups in total. The van der Waals surface area contributed by atoms with E-state index in [1.807, 2.05) is 12.1 Å². The van der Waals surface area contributed by atoms with E-state index >= 15 is 0 Å². The smallest absolute Gasteiger partial charge is 0.272 e. The first-order valence-electron chi connectivity index (χ1n) is 7.34. The number of aromatic nitrogens is 1. The number of alkyl halides is 3. The molecule has 26 heavy (non-hydrogen) atoms. The molecule has 0 saturated carbocycles. The van der Waals surface area contributed by atoms with Crippen LogP contribution in [0.5, 0.6) is 0 Å². The molecule has 0 amide bonds. The fraction of sp³-hybridized carbons (Fsp3) is 0.0588. The van der Waals surface area contributed by atoms with Gasteiger partial charge in [0, 0.05) is 17.6 Å². The van der Waals surface area contributed by atoms with Gasteiger partial charge in [0.25, 0.3) is 5.69 Å². The number of fused-ring (bicyclic) bond motifs is 1. The quantitative estimate of drug-likeness (QED) is 0.419. The van der Waals surface area contributed by atoms with Crippen LogP contribution in [-0.4, -0.2) is 16.1 Å². The molecule has 0 atom stereocenters. The van der Waals surface area contributed by atoms with Crippen LogP contribution in [-0.2, 0) is 6.18 Å². The molecule has 1 heterocycles. The number of anilines is 1. The molecule has 132 valence electrons. The van der Waals surface area contributed by atoms with Crippen LogP contribution in [0.15, 0.2) is 59.8 Å². The van der Waals surface area contributed by atoms with Crippen molar-refractivity contribution in [3.05, 3.63) is 76.0 Å². The van der Waals surface area contributed by atoms with Crippen LogP contribution in [0.2, 0.25) is 0 Å². The van der Waals surface area contributed by atoms with Gasteiger partial charge < -0.3 is 0 Å². The summed E-state index contributed by atoms with van der Waals surface area (Å²) < 4.78 is 38.1. The van der Waals surface area contributed by atoms with Gasteiger partial charge in [-0.3, -0.25) is 20.5 Å². The van der Waals surface area contributed by atoms with Crippen molar-refractivity contribution in [2.24, 2.45) is 5.10 Å². The van der Waals surface area contributed by atoms with Gasteiger partial charge in [-0.2, -0.15) is 18.3 Å².